The van der Waals surface area contributed by atoms with Gasteiger partial charge in [0.15, 0.2) is 5.96 Å². The number of imidazole rings is 1. The van der Waals surface area contributed by atoms with Crippen molar-refractivity contribution in [1.29, 1.82) is 0 Å². The van der Waals surface area contributed by atoms with Gasteiger partial charge in [-0.2, -0.15) is 0 Å². The zero-order chi connectivity index (χ0) is 28.8. The number of rotatable bonds is 17. The van der Waals surface area contributed by atoms with Crippen molar-refractivity contribution in [2.45, 2.75) is 70.1 Å². The average Bonchev–Trinajstić information content (AvgIpc) is 3.35. The molecule has 3 amide bonds. The Balaban J connectivity index is 2.94. The van der Waals surface area contributed by atoms with Crippen LogP contribution in [0.5, 0.6) is 0 Å². The molecule has 5 atom stereocenters. The molecule has 1 aromatic heterocycles. The van der Waals surface area contributed by atoms with Crippen molar-refractivity contribution in [1.82, 2.24) is 25.9 Å². The highest BCUT2D eigenvalue weighted by Crippen LogP contribution is 2.11. The Labute approximate surface area is 219 Å². The number of aliphatic imine (C=N–C) groups is 1. The van der Waals surface area contributed by atoms with E-state index in [1.807, 2.05) is 0 Å². The number of nitrogens with zero attached hydrogens (tertiary/aromatic N) is 2. The molecule has 0 saturated heterocycles. The third kappa shape index (κ3) is 11.2. The van der Waals surface area contributed by atoms with Crippen LogP contribution in [0, 0.1) is 5.92 Å². The number of nitrogens with two attached hydrogens (primary N) is 3. The summed E-state index contributed by atoms with van der Waals surface area (Å²) in [4.78, 5) is 72.0. The van der Waals surface area contributed by atoms with Crippen LogP contribution in [0.4, 0.5) is 0 Å². The van der Waals surface area contributed by atoms with E-state index in [1.165, 1.54) is 12.5 Å². The fourth-order valence-electron chi connectivity index (χ4n) is 3.37. The molecule has 0 aliphatic carbocycles. The Morgan fingerprint density at radius 2 is 1.71 bits per heavy atom. The first kappa shape index (κ1) is 31.8. The van der Waals surface area contributed by atoms with Crippen LogP contribution >= 0.6 is 0 Å². The molecule has 0 bridgehead atoms. The van der Waals surface area contributed by atoms with E-state index in [9.17, 15) is 34.2 Å². The highest BCUT2D eigenvalue weighted by molar-refractivity contribution is 5.95. The molecule has 1 heterocycles. The van der Waals surface area contributed by atoms with Gasteiger partial charge in [0.1, 0.15) is 18.1 Å². The number of carbonyl (C=O) groups excluding carboxylic acids is 3. The van der Waals surface area contributed by atoms with Gasteiger partial charge in [0.25, 0.3) is 0 Å². The van der Waals surface area contributed by atoms with Crippen molar-refractivity contribution in [3.63, 3.8) is 0 Å². The zero-order valence-electron chi connectivity index (χ0n) is 21.3. The number of hydrogen-bond donors (Lipinski definition) is 9. The van der Waals surface area contributed by atoms with Gasteiger partial charge in [-0.05, 0) is 18.8 Å². The summed E-state index contributed by atoms with van der Waals surface area (Å²) in [6, 6.07) is -5.14. The summed E-state index contributed by atoms with van der Waals surface area (Å²) in [5, 5.41) is 25.9. The number of guanidine groups is 1. The van der Waals surface area contributed by atoms with Gasteiger partial charge < -0.3 is 48.3 Å². The van der Waals surface area contributed by atoms with E-state index in [0.29, 0.717) is 12.1 Å². The maximum atomic E-state index is 13.0. The standard InChI is InChI=1S/C22H37N9O7/c1-3-11(2)17(20(36)29-14(21(37)38)5-4-6-27-22(24)25)31-19(35)15(8-16(32)33)30-18(34)13(23)7-12-9-26-10-28-12/h9-11,13-15,17H,3-8,23H2,1-2H3,(H,26,28)(H,29,36)(H,30,34)(H,31,35)(H,32,33)(H,37,38)(H4,24,25,27). The van der Waals surface area contributed by atoms with Crippen molar-refractivity contribution >= 4 is 35.6 Å². The quantitative estimate of drug-likeness (QED) is 0.0561. The minimum atomic E-state index is -1.54. The summed E-state index contributed by atoms with van der Waals surface area (Å²) < 4.78 is 0. The molecule has 0 aliphatic rings. The summed E-state index contributed by atoms with van der Waals surface area (Å²) in [6.07, 6.45) is 2.86. The molecular weight excluding hydrogens is 502 g/mol. The van der Waals surface area contributed by atoms with E-state index in [-0.39, 0.29) is 31.8 Å². The number of aliphatic carboxylic acids is 2. The van der Waals surface area contributed by atoms with Crippen LogP contribution in [-0.2, 0) is 30.4 Å². The highest BCUT2D eigenvalue weighted by Gasteiger charge is 2.33. The van der Waals surface area contributed by atoms with Crippen LogP contribution in [-0.4, -0.2) is 86.5 Å². The molecular formula is C22H37N9O7. The van der Waals surface area contributed by atoms with Crippen LogP contribution in [0.1, 0.15) is 45.2 Å². The van der Waals surface area contributed by atoms with Crippen LogP contribution in [0.25, 0.3) is 0 Å². The summed E-state index contributed by atoms with van der Waals surface area (Å²) in [5.74, 6) is -5.77. The lowest BCUT2D eigenvalue weighted by Gasteiger charge is -2.27. The van der Waals surface area contributed by atoms with E-state index in [1.54, 1.807) is 13.8 Å². The first-order valence-electron chi connectivity index (χ1n) is 12.0. The number of carboxylic acids is 2. The third-order valence-corrected chi connectivity index (χ3v) is 5.70. The molecule has 16 nitrogen and oxygen atoms in total. The molecule has 0 radical (unpaired) electrons. The second kappa shape index (κ2) is 15.8. The lowest BCUT2D eigenvalue weighted by Crippen LogP contribution is -2.59. The van der Waals surface area contributed by atoms with E-state index < -0.39 is 66.2 Å². The fourth-order valence-corrected chi connectivity index (χ4v) is 3.37. The number of aromatic amines is 1. The maximum absolute atomic E-state index is 13.0. The van der Waals surface area contributed by atoms with Crippen molar-refractivity contribution in [2.24, 2.45) is 28.1 Å². The Morgan fingerprint density at radius 1 is 1.05 bits per heavy atom. The average molecular weight is 540 g/mol. The first-order chi connectivity index (χ1) is 17.8. The van der Waals surface area contributed by atoms with Crippen LogP contribution in [0.3, 0.4) is 0 Å². The number of hydrogen-bond acceptors (Lipinski definition) is 8. The van der Waals surface area contributed by atoms with Crippen molar-refractivity contribution in [2.75, 3.05) is 6.54 Å². The Morgan fingerprint density at radius 3 is 2.24 bits per heavy atom. The lowest BCUT2D eigenvalue weighted by atomic mass is 9.97. The molecule has 0 aromatic carbocycles. The van der Waals surface area contributed by atoms with Gasteiger partial charge in [0.05, 0.1) is 18.8 Å². The van der Waals surface area contributed by atoms with Gasteiger partial charge in [0, 0.05) is 24.9 Å². The number of amides is 3. The molecule has 0 aliphatic heterocycles. The molecule has 0 spiro atoms. The molecule has 1 aromatic rings. The number of carbonyl (C=O) groups is 5. The normalized spacial score (nSPS) is 14.7. The minimum absolute atomic E-state index is 0.0188. The fraction of sp³-hybridized carbons (Fsp3) is 0.591. The first-order valence-corrected chi connectivity index (χ1v) is 12.0. The van der Waals surface area contributed by atoms with Crippen molar-refractivity contribution in [3.8, 4) is 0 Å². The maximum Gasteiger partial charge on any atom is 0.326 e. The van der Waals surface area contributed by atoms with Gasteiger partial charge in [0.2, 0.25) is 17.7 Å². The number of H-pyrrole nitrogens is 1. The summed E-state index contributed by atoms with van der Waals surface area (Å²) >= 11 is 0. The smallest absolute Gasteiger partial charge is 0.326 e. The molecule has 16 heteroatoms. The lowest BCUT2D eigenvalue weighted by molar-refractivity contribution is -0.143. The Bertz CT molecular complexity index is 980. The second-order valence-corrected chi connectivity index (χ2v) is 8.77. The molecule has 1 rings (SSSR count). The van der Waals surface area contributed by atoms with Crippen molar-refractivity contribution < 1.29 is 34.2 Å². The van der Waals surface area contributed by atoms with Gasteiger partial charge in [-0.15, -0.1) is 0 Å². The SMILES string of the molecule is CCC(C)C(NC(=O)C(CC(=O)O)NC(=O)C(N)Cc1cnc[nH]1)C(=O)NC(CCCN=C(N)N)C(=O)O. The van der Waals surface area contributed by atoms with E-state index >= 15 is 0 Å². The van der Waals surface area contributed by atoms with Gasteiger partial charge in [-0.3, -0.25) is 24.2 Å². The summed E-state index contributed by atoms with van der Waals surface area (Å²) in [7, 11) is 0. The van der Waals surface area contributed by atoms with Crippen LogP contribution in [0.15, 0.2) is 17.5 Å². The Kier molecular flexibility index (Phi) is 13.2. The molecule has 38 heavy (non-hydrogen) atoms. The molecule has 212 valence electrons. The minimum Gasteiger partial charge on any atom is -0.481 e. The predicted octanol–water partition coefficient (Wildman–Crippen LogP) is -2.61. The summed E-state index contributed by atoms with van der Waals surface area (Å²) in [6.45, 7) is 3.57. The van der Waals surface area contributed by atoms with Crippen LogP contribution in [0.2, 0.25) is 0 Å². The van der Waals surface area contributed by atoms with Gasteiger partial charge in [-0.1, -0.05) is 20.3 Å². The van der Waals surface area contributed by atoms with Gasteiger partial charge in [-0.25, -0.2) is 9.78 Å². The second-order valence-electron chi connectivity index (χ2n) is 8.77. The van der Waals surface area contributed by atoms with E-state index in [0.717, 1.165) is 0 Å². The number of carboxylic acid groups (broad SMARTS) is 2. The molecule has 0 fully saturated rings. The highest BCUT2D eigenvalue weighted by atomic mass is 16.4. The molecule has 12 N–H and O–H groups in total. The number of aromatic nitrogens is 2. The Hall–Kier alpha value is -4.21. The molecule has 5 unspecified atom stereocenters. The topological polar surface area (TPSA) is 281 Å². The largest absolute Gasteiger partial charge is 0.481 e. The third-order valence-electron chi connectivity index (χ3n) is 5.70. The zero-order valence-corrected chi connectivity index (χ0v) is 21.3. The predicted molar refractivity (Wildman–Crippen MR) is 135 cm³/mol. The van der Waals surface area contributed by atoms with E-state index in [4.69, 9.17) is 17.2 Å². The van der Waals surface area contributed by atoms with Gasteiger partial charge >= 0.3 is 11.9 Å². The van der Waals surface area contributed by atoms with Crippen LogP contribution < -0.4 is 33.2 Å². The summed E-state index contributed by atoms with van der Waals surface area (Å²) in [5.41, 5.74) is 16.9. The molecule has 0 saturated carbocycles. The van der Waals surface area contributed by atoms with Crippen molar-refractivity contribution in [3.05, 3.63) is 18.2 Å². The monoisotopic (exact) mass is 539 g/mol. The van der Waals surface area contributed by atoms with E-state index in [2.05, 4.69) is 30.9 Å². The number of nitrogens with one attached hydrogen (secondary N) is 4.